The van der Waals surface area contributed by atoms with Gasteiger partial charge in [0.1, 0.15) is 5.56 Å². The summed E-state index contributed by atoms with van der Waals surface area (Å²) in [4.78, 5) is 23.5. The van der Waals surface area contributed by atoms with Crippen molar-refractivity contribution in [2.45, 2.75) is 19.5 Å². The van der Waals surface area contributed by atoms with Crippen LogP contribution < -0.4 is 19.5 Å². The van der Waals surface area contributed by atoms with E-state index in [4.69, 9.17) is 14.2 Å². The van der Waals surface area contributed by atoms with Crippen LogP contribution in [0.5, 0.6) is 17.2 Å². The van der Waals surface area contributed by atoms with E-state index >= 15 is 0 Å². The van der Waals surface area contributed by atoms with Gasteiger partial charge >= 0.3 is 5.69 Å². The van der Waals surface area contributed by atoms with Crippen LogP contribution in [0, 0.1) is 10.1 Å². The molecule has 10 heteroatoms. The Hall–Kier alpha value is -3.30. The molecule has 140 valence electrons. The van der Waals surface area contributed by atoms with E-state index in [2.05, 4.69) is 10.4 Å². The molecule has 1 amide bonds. The van der Waals surface area contributed by atoms with Gasteiger partial charge < -0.3 is 19.5 Å². The number of ether oxygens (including phenoxy) is 3. The van der Waals surface area contributed by atoms with Crippen molar-refractivity contribution in [3.8, 4) is 17.2 Å². The quantitative estimate of drug-likeness (QED) is 0.559. The number of aromatic nitrogens is 2. The van der Waals surface area contributed by atoms with Gasteiger partial charge in [-0.3, -0.25) is 19.6 Å². The minimum Gasteiger partial charge on any atom is -0.493 e. The minimum atomic E-state index is -0.687. The molecule has 0 aliphatic carbocycles. The number of carbonyl (C=O) groups excluding carboxylic acids is 1. The second-order valence-corrected chi connectivity index (χ2v) is 5.40. The summed E-state index contributed by atoms with van der Waals surface area (Å²) >= 11 is 0. The lowest BCUT2D eigenvalue weighted by atomic mass is 10.1. The first-order valence-corrected chi connectivity index (χ1v) is 7.68. The van der Waals surface area contributed by atoms with Gasteiger partial charge in [-0.2, -0.15) is 5.10 Å². The lowest BCUT2D eigenvalue weighted by Gasteiger charge is -2.17. The average molecular weight is 364 g/mol. The molecule has 1 N–H and O–H groups in total. The van der Waals surface area contributed by atoms with Gasteiger partial charge in [0.2, 0.25) is 11.5 Å². The van der Waals surface area contributed by atoms with E-state index in [1.807, 2.05) is 0 Å². The van der Waals surface area contributed by atoms with Crippen LogP contribution in [0.1, 0.15) is 17.3 Å². The van der Waals surface area contributed by atoms with Gasteiger partial charge in [0.05, 0.1) is 32.8 Å². The Balaban J connectivity index is 2.39. The first-order chi connectivity index (χ1) is 12.4. The van der Waals surface area contributed by atoms with E-state index in [9.17, 15) is 14.9 Å². The lowest BCUT2D eigenvalue weighted by molar-refractivity contribution is -0.386. The second kappa shape index (κ2) is 8.19. The normalized spacial score (nSPS) is 11.5. The lowest BCUT2D eigenvalue weighted by Crippen LogP contribution is -2.36. The number of hydrogen-bond acceptors (Lipinski definition) is 7. The molecule has 1 atom stereocenters. The smallest absolute Gasteiger partial charge is 0.327 e. The molecule has 2 rings (SSSR count). The Morgan fingerprint density at radius 2 is 2.00 bits per heavy atom. The number of carbonyl (C=O) groups is 1. The van der Waals surface area contributed by atoms with Crippen LogP contribution in [-0.4, -0.2) is 48.0 Å². The molecule has 2 aromatic rings. The molecule has 0 unspecified atom stereocenters. The zero-order chi connectivity index (χ0) is 19.3. The fourth-order valence-electron chi connectivity index (χ4n) is 2.53. The van der Waals surface area contributed by atoms with Crippen molar-refractivity contribution in [3.63, 3.8) is 0 Å². The van der Waals surface area contributed by atoms with E-state index in [0.717, 1.165) is 0 Å². The third-order valence-electron chi connectivity index (χ3n) is 3.63. The number of nitro groups is 1. The van der Waals surface area contributed by atoms with Crippen molar-refractivity contribution in [2.75, 3.05) is 21.3 Å². The Morgan fingerprint density at radius 3 is 2.50 bits per heavy atom. The first kappa shape index (κ1) is 19.0. The van der Waals surface area contributed by atoms with E-state index in [0.29, 0.717) is 6.54 Å². The summed E-state index contributed by atoms with van der Waals surface area (Å²) < 4.78 is 17.1. The molecule has 0 saturated carbocycles. The fraction of sp³-hybridized carbons (Fsp3) is 0.375. The predicted molar refractivity (Wildman–Crippen MR) is 91.9 cm³/mol. The molecule has 0 fully saturated rings. The largest absolute Gasteiger partial charge is 0.493 e. The summed E-state index contributed by atoms with van der Waals surface area (Å²) in [5.41, 5.74) is -0.675. The van der Waals surface area contributed by atoms with Gasteiger partial charge in [-0.1, -0.05) is 0 Å². The third-order valence-corrected chi connectivity index (χ3v) is 3.63. The minimum absolute atomic E-state index is 0.0443. The molecular weight excluding hydrogens is 344 g/mol. The molecule has 26 heavy (non-hydrogen) atoms. The van der Waals surface area contributed by atoms with Crippen molar-refractivity contribution >= 4 is 11.6 Å². The summed E-state index contributed by atoms with van der Waals surface area (Å²) in [5, 5.41) is 18.3. The standard InChI is InChI=1S/C16H20N4O6/c1-10(9-19-7-5-6-17-19)18-16(21)11-8-12(24-2)14(25-3)15(26-4)13(11)20(22)23/h5-8,10H,9H2,1-4H3,(H,18,21)/t10-/m0/s1. The van der Waals surface area contributed by atoms with Crippen molar-refractivity contribution in [1.29, 1.82) is 0 Å². The maximum Gasteiger partial charge on any atom is 0.327 e. The van der Waals surface area contributed by atoms with Crippen LogP contribution in [0.25, 0.3) is 0 Å². The van der Waals surface area contributed by atoms with Gasteiger partial charge in [0, 0.05) is 24.5 Å². The number of benzene rings is 1. The SMILES string of the molecule is COc1cc(C(=O)N[C@@H](C)Cn2cccn2)c([N+](=O)[O-])c(OC)c1OC. The van der Waals surface area contributed by atoms with Gasteiger partial charge in [-0.25, -0.2) is 0 Å². The third kappa shape index (κ3) is 3.85. The van der Waals surface area contributed by atoms with Crippen LogP contribution in [0.3, 0.4) is 0 Å². The molecule has 0 bridgehead atoms. The Kier molecular flexibility index (Phi) is 5.99. The summed E-state index contributed by atoms with van der Waals surface area (Å²) in [6.45, 7) is 2.18. The Labute approximate surface area is 149 Å². The second-order valence-electron chi connectivity index (χ2n) is 5.40. The number of nitro benzene ring substituents is 1. The molecule has 0 aliphatic heterocycles. The van der Waals surface area contributed by atoms with E-state index in [-0.39, 0.29) is 28.9 Å². The number of methoxy groups -OCH3 is 3. The molecular formula is C16H20N4O6. The van der Waals surface area contributed by atoms with Crippen molar-refractivity contribution in [2.24, 2.45) is 0 Å². The topological polar surface area (TPSA) is 118 Å². The number of nitrogens with zero attached hydrogens (tertiary/aromatic N) is 3. The van der Waals surface area contributed by atoms with Crippen LogP contribution in [0.4, 0.5) is 5.69 Å². The van der Waals surface area contributed by atoms with Gasteiger partial charge in [0.15, 0.2) is 5.75 Å². The fourth-order valence-corrected chi connectivity index (χ4v) is 2.53. The van der Waals surface area contributed by atoms with E-state index in [1.54, 1.807) is 30.1 Å². The molecule has 10 nitrogen and oxygen atoms in total. The van der Waals surface area contributed by atoms with Gasteiger partial charge in [-0.15, -0.1) is 0 Å². The van der Waals surface area contributed by atoms with Crippen molar-refractivity contribution in [1.82, 2.24) is 15.1 Å². The molecule has 1 aromatic carbocycles. The van der Waals surface area contributed by atoms with Crippen LogP contribution in [-0.2, 0) is 6.54 Å². The van der Waals surface area contributed by atoms with Crippen molar-refractivity contribution in [3.05, 3.63) is 40.2 Å². The highest BCUT2D eigenvalue weighted by Gasteiger charge is 2.32. The highest BCUT2D eigenvalue weighted by Crippen LogP contribution is 2.46. The predicted octanol–water partition coefficient (Wildman–Crippen LogP) is 1.64. The Morgan fingerprint density at radius 1 is 1.31 bits per heavy atom. The number of hydrogen-bond donors (Lipinski definition) is 1. The van der Waals surface area contributed by atoms with Gasteiger partial charge in [-0.05, 0) is 13.0 Å². The molecule has 0 radical (unpaired) electrons. The summed E-state index contributed by atoms with van der Waals surface area (Å²) in [6, 6.07) is 2.70. The summed E-state index contributed by atoms with van der Waals surface area (Å²) in [5.74, 6) is -0.611. The molecule has 0 aliphatic rings. The monoisotopic (exact) mass is 364 g/mol. The summed E-state index contributed by atoms with van der Waals surface area (Å²) in [7, 11) is 3.95. The van der Waals surface area contributed by atoms with Crippen LogP contribution >= 0.6 is 0 Å². The highest BCUT2D eigenvalue weighted by molar-refractivity contribution is 6.00. The highest BCUT2D eigenvalue weighted by atomic mass is 16.6. The number of nitrogens with one attached hydrogen (secondary N) is 1. The van der Waals surface area contributed by atoms with E-state index < -0.39 is 16.5 Å². The molecule has 1 heterocycles. The average Bonchev–Trinajstić information content (AvgIpc) is 3.11. The molecule has 0 saturated heterocycles. The molecule has 0 spiro atoms. The van der Waals surface area contributed by atoms with Crippen LogP contribution in [0.2, 0.25) is 0 Å². The zero-order valence-electron chi connectivity index (χ0n) is 14.9. The van der Waals surface area contributed by atoms with Crippen LogP contribution in [0.15, 0.2) is 24.5 Å². The number of rotatable bonds is 8. The molecule has 1 aromatic heterocycles. The summed E-state index contributed by atoms with van der Waals surface area (Å²) in [6.07, 6.45) is 3.38. The Bertz CT molecular complexity index is 791. The van der Waals surface area contributed by atoms with Gasteiger partial charge in [0.25, 0.3) is 5.91 Å². The maximum absolute atomic E-state index is 12.6. The van der Waals surface area contributed by atoms with E-state index in [1.165, 1.54) is 27.4 Å². The number of amides is 1. The maximum atomic E-state index is 12.6. The van der Waals surface area contributed by atoms with Crippen molar-refractivity contribution < 1.29 is 23.9 Å². The zero-order valence-corrected chi connectivity index (χ0v) is 14.9. The first-order valence-electron chi connectivity index (χ1n) is 7.68.